The first kappa shape index (κ1) is 10.1. The molecule has 5 heteroatoms. The summed E-state index contributed by atoms with van der Waals surface area (Å²) in [4.78, 5) is 4.00. The van der Waals surface area contributed by atoms with E-state index in [0.29, 0.717) is 6.54 Å². The summed E-state index contributed by atoms with van der Waals surface area (Å²) >= 11 is 0. The third kappa shape index (κ3) is 2.05. The average Bonchev–Trinajstić information content (AvgIpc) is 2.18. The van der Waals surface area contributed by atoms with Gasteiger partial charge in [-0.1, -0.05) is 6.92 Å². The van der Waals surface area contributed by atoms with Crippen molar-refractivity contribution in [3.05, 3.63) is 24.5 Å². The van der Waals surface area contributed by atoms with Crippen molar-refractivity contribution in [3.63, 3.8) is 0 Å². The van der Waals surface area contributed by atoms with Crippen LogP contribution in [0.4, 0.5) is 0 Å². The van der Waals surface area contributed by atoms with Crippen LogP contribution in [0.15, 0.2) is 29.4 Å². The summed E-state index contributed by atoms with van der Waals surface area (Å²) in [6, 6.07) is 3.14. The highest BCUT2D eigenvalue weighted by Gasteiger charge is 2.18. The molecule has 0 aliphatic carbocycles. The van der Waals surface area contributed by atoms with Crippen LogP contribution in [0.5, 0.6) is 0 Å². The zero-order valence-electron chi connectivity index (χ0n) is 7.64. The summed E-state index contributed by atoms with van der Waals surface area (Å²) < 4.78 is 24.6. The van der Waals surface area contributed by atoms with Crippen molar-refractivity contribution < 1.29 is 8.42 Å². The summed E-state index contributed by atoms with van der Waals surface area (Å²) in [6.45, 7) is 2.24. The number of rotatable bonds is 3. The summed E-state index contributed by atoms with van der Waals surface area (Å²) in [5.74, 6) is 0. The Hall–Kier alpha value is -0.940. The normalized spacial score (nSPS) is 11.9. The molecule has 0 bridgehead atoms. The molecule has 1 heterocycles. The molecule has 0 aliphatic heterocycles. The Kier molecular flexibility index (Phi) is 3.00. The van der Waals surface area contributed by atoms with Gasteiger partial charge in [-0.05, 0) is 12.1 Å². The predicted molar refractivity (Wildman–Crippen MR) is 49.7 cm³/mol. The molecule has 0 aromatic carbocycles. The topological polar surface area (TPSA) is 50.3 Å². The minimum atomic E-state index is -3.32. The number of sulfonamides is 1. The van der Waals surface area contributed by atoms with E-state index in [4.69, 9.17) is 0 Å². The molecule has 13 heavy (non-hydrogen) atoms. The van der Waals surface area contributed by atoms with Crippen molar-refractivity contribution in [2.24, 2.45) is 0 Å². The molecule has 1 rings (SSSR count). The monoisotopic (exact) mass is 200 g/mol. The van der Waals surface area contributed by atoms with Gasteiger partial charge in [0.15, 0.2) is 0 Å². The lowest BCUT2D eigenvalue weighted by molar-refractivity contribution is 0.486. The van der Waals surface area contributed by atoms with E-state index in [1.54, 1.807) is 26.2 Å². The molecule has 0 N–H and O–H groups in total. The quantitative estimate of drug-likeness (QED) is 0.722. The molecule has 0 spiro atoms. The highest BCUT2D eigenvalue weighted by Crippen LogP contribution is 2.11. The number of aromatic nitrogens is 1. The van der Waals surface area contributed by atoms with E-state index >= 15 is 0 Å². The largest absolute Gasteiger partial charge is 0.263 e. The second-order valence-electron chi connectivity index (χ2n) is 2.61. The van der Waals surface area contributed by atoms with Crippen molar-refractivity contribution in [2.75, 3.05) is 13.6 Å². The molecule has 0 atom stereocenters. The molecule has 1 aromatic heterocycles. The molecule has 0 fully saturated rings. The van der Waals surface area contributed by atoms with Crippen LogP contribution in [0.2, 0.25) is 0 Å². The molecule has 0 radical (unpaired) electrons. The molecule has 0 amide bonds. The molecule has 0 saturated heterocycles. The van der Waals surface area contributed by atoms with Crippen LogP contribution in [0, 0.1) is 0 Å². The first-order chi connectivity index (χ1) is 6.09. The maximum atomic E-state index is 11.6. The maximum absolute atomic E-state index is 11.6. The van der Waals surface area contributed by atoms with Gasteiger partial charge in [0.25, 0.3) is 0 Å². The zero-order chi connectivity index (χ0) is 9.90. The van der Waals surface area contributed by atoms with Gasteiger partial charge >= 0.3 is 0 Å². The summed E-state index contributed by atoms with van der Waals surface area (Å²) in [5, 5.41) is 0. The lowest BCUT2D eigenvalue weighted by atomic mass is 10.5. The number of hydrogen-bond acceptors (Lipinski definition) is 3. The molecule has 72 valence electrons. The van der Waals surface area contributed by atoms with E-state index in [9.17, 15) is 8.42 Å². The van der Waals surface area contributed by atoms with Crippen LogP contribution in [-0.2, 0) is 10.0 Å². The first-order valence-corrected chi connectivity index (χ1v) is 5.39. The fraction of sp³-hybridized carbons (Fsp3) is 0.375. The van der Waals surface area contributed by atoms with Crippen LogP contribution < -0.4 is 0 Å². The smallest absolute Gasteiger partial charge is 0.244 e. The Bertz CT molecular complexity index is 361. The molecule has 0 saturated carbocycles. The molecule has 0 unspecified atom stereocenters. The minimum absolute atomic E-state index is 0.236. The van der Waals surface area contributed by atoms with Crippen LogP contribution >= 0.6 is 0 Å². The Labute approximate surface area is 78.3 Å². The van der Waals surface area contributed by atoms with Gasteiger partial charge in [-0.15, -0.1) is 0 Å². The molecule has 0 aliphatic rings. The number of pyridine rings is 1. The fourth-order valence-corrected chi connectivity index (χ4v) is 1.99. The predicted octanol–water partition coefficient (Wildman–Crippen LogP) is 0.722. The maximum Gasteiger partial charge on any atom is 0.244 e. The van der Waals surface area contributed by atoms with Gasteiger partial charge < -0.3 is 0 Å². The average molecular weight is 200 g/mol. The van der Waals surface area contributed by atoms with E-state index in [1.807, 2.05) is 0 Å². The van der Waals surface area contributed by atoms with E-state index in [2.05, 4.69) is 4.98 Å². The summed E-state index contributed by atoms with van der Waals surface area (Å²) in [6.07, 6.45) is 2.90. The molecule has 4 nitrogen and oxygen atoms in total. The van der Waals surface area contributed by atoms with E-state index in [-0.39, 0.29) is 4.90 Å². The van der Waals surface area contributed by atoms with Crippen LogP contribution in [0.3, 0.4) is 0 Å². The Morgan fingerprint density at radius 2 is 2.23 bits per heavy atom. The first-order valence-electron chi connectivity index (χ1n) is 3.95. The van der Waals surface area contributed by atoms with Crippen LogP contribution in [-0.4, -0.2) is 31.3 Å². The highest BCUT2D eigenvalue weighted by atomic mass is 32.2. The van der Waals surface area contributed by atoms with Gasteiger partial charge in [0.2, 0.25) is 10.0 Å². The second-order valence-corrected chi connectivity index (χ2v) is 4.65. The third-order valence-electron chi connectivity index (χ3n) is 1.79. The van der Waals surface area contributed by atoms with Crippen molar-refractivity contribution in [1.29, 1.82) is 0 Å². The molecule has 1 aromatic rings. The van der Waals surface area contributed by atoms with E-state index < -0.39 is 10.0 Å². The van der Waals surface area contributed by atoms with Gasteiger partial charge in [0.1, 0.15) is 4.90 Å². The van der Waals surface area contributed by atoms with E-state index in [1.165, 1.54) is 16.6 Å². The summed E-state index contributed by atoms with van der Waals surface area (Å²) in [5.41, 5.74) is 0. The van der Waals surface area contributed by atoms with Crippen LogP contribution in [0.25, 0.3) is 0 Å². The van der Waals surface area contributed by atoms with Gasteiger partial charge in [0.05, 0.1) is 0 Å². The van der Waals surface area contributed by atoms with Gasteiger partial charge in [0, 0.05) is 26.0 Å². The van der Waals surface area contributed by atoms with Gasteiger partial charge in [-0.2, -0.15) is 0 Å². The highest BCUT2D eigenvalue weighted by molar-refractivity contribution is 7.89. The van der Waals surface area contributed by atoms with Gasteiger partial charge in [-0.3, -0.25) is 4.98 Å². The zero-order valence-corrected chi connectivity index (χ0v) is 8.45. The SMILES string of the molecule is CCN(C)S(=O)(=O)c1cccnc1. The van der Waals surface area contributed by atoms with Crippen molar-refractivity contribution in [3.8, 4) is 0 Å². The molecular weight excluding hydrogens is 188 g/mol. The van der Waals surface area contributed by atoms with Crippen molar-refractivity contribution in [2.45, 2.75) is 11.8 Å². The van der Waals surface area contributed by atoms with Crippen molar-refractivity contribution >= 4 is 10.0 Å². The molecular formula is C8H12N2O2S. The number of nitrogens with zero attached hydrogens (tertiary/aromatic N) is 2. The lowest BCUT2D eigenvalue weighted by Gasteiger charge is -2.13. The third-order valence-corrected chi connectivity index (χ3v) is 3.70. The second kappa shape index (κ2) is 3.85. The number of hydrogen-bond donors (Lipinski definition) is 0. The van der Waals surface area contributed by atoms with Gasteiger partial charge in [-0.25, -0.2) is 12.7 Å². The van der Waals surface area contributed by atoms with Crippen LogP contribution in [0.1, 0.15) is 6.92 Å². The standard InChI is InChI=1S/C8H12N2O2S/c1-3-10(2)13(11,12)8-5-4-6-9-7-8/h4-7H,3H2,1-2H3. The van der Waals surface area contributed by atoms with Crippen molar-refractivity contribution in [1.82, 2.24) is 9.29 Å². The fourth-order valence-electron chi connectivity index (χ4n) is 0.850. The Balaban J connectivity index is 3.09. The minimum Gasteiger partial charge on any atom is -0.263 e. The Morgan fingerprint density at radius 1 is 1.54 bits per heavy atom. The lowest BCUT2D eigenvalue weighted by Crippen LogP contribution is -2.26. The van der Waals surface area contributed by atoms with E-state index in [0.717, 1.165) is 0 Å². The summed E-state index contributed by atoms with van der Waals surface area (Å²) in [7, 11) is -1.77. The Morgan fingerprint density at radius 3 is 2.69 bits per heavy atom.